The molecule has 0 bridgehead atoms. The monoisotopic (exact) mass is 509 g/mol. The first-order valence-corrected chi connectivity index (χ1v) is 12.8. The number of halogens is 1. The van der Waals surface area contributed by atoms with Gasteiger partial charge in [-0.25, -0.2) is 4.79 Å². The molecule has 2 aliphatic rings. The predicted octanol–water partition coefficient (Wildman–Crippen LogP) is 5.68. The van der Waals surface area contributed by atoms with Crippen LogP contribution in [0, 0.1) is 0 Å². The highest BCUT2D eigenvalue weighted by Crippen LogP contribution is 2.46. The largest absolute Gasteiger partial charge is 0.494 e. The van der Waals surface area contributed by atoms with E-state index in [0.29, 0.717) is 54.5 Å². The minimum Gasteiger partial charge on any atom is -0.494 e. The van der Waals surface area contributed by atoms with E-state index >= 15 is 0 Å². The molecule has 0 amide bonds. The number of hydrogen-bond donors (Lipinski definition) is 1. The van der Waals surface area contributed by atoms with Crippen LogP contribution >= 0.6 is 11.6 Å². The Morgan fingerprint density at radius 3 is 2.33 bits per heavy atom. The van der Waals surface area contributed by atoms with E-state index in [4.69, 9.17) is 25.8 Å². The van der Waals surface area contributed by atoms with Gasteiger partial charge in [-0.3, -0.25) is 4.79 Å². The Hall–Kier alpha value is -3.09. The fourth-order valence-electron chi connectivity index (χ4n) is 4.95. The molecule has 0 aromatic heterocycles. The first-order chi connectivity index (χ1) is 17.4. The van der Waals surface area contributed by atoms with Crippen molar-refractivity contribution in [1.29, 1.82) is 0 Å². The Bertz CT molecular complexity index is 1170. The van der Waals surface area contributed by atoms with Crippen LogP contribution in [0.25, 0.3) is 0 Å². The highest BCUT2D eigenvalue weighted by atomic mass is 35.5. The van der Waals surface area contributed by atoms with E-state index in [9.17, 15) is 9.59 Å². The molecule has 0 saturated carbocycles. The first-order valence-electron chi connectivity index (χ1n) is 12.4. The number of carbonyl (C=O) groups excluding carboxylic acids is 2. The van der Waals surface area contributed by atoms with Gasteiger partial charge in [0.15, 0.2) is 5.78 Å². The van der Waals surface area contributed by atoms with E-state index in [2.05, 4.69) is 5.32 Å². The smallest absolute Gasteiger partial charge is 0.336 e. The number of esters is 1. The second-order valence-corrected chi connectivity index (χ2v) is 9.34. The number of dihydropyridines is 1. The summed E-state index contributed by atoms with van der Waals surface area (Å²) >= 11 is 6.07. The van der Waals surface area contributed by atoms with Crippen LogP contribution in [0.2, 0.25) is 5.02 Å². The number of carbonyl (C=O) groups is 2. The fourth-order valence-corrected chi connectivity index (χ4v) is 5.08. The first kappa shape index (κ1) is 26.0. The lowest BCUT2D eigenvalue weighted by Gasteiger charge is -2.36. The summed E-state index contributed by atoms with van der Waals surface area (Å²) in [6.07, 6.45) is 1.03. The average Bonchev–Trinajstić information content (AvgIpc) is 2.86. The van der Waals surface area contributed by atoms with Crippen LogP contribution in [0.15, 0.2) is 71.1 Å². The van der Waals surface area contributed by atoms with E-state index in [-0.39, 0.29) is 18.3 Å². The van der Waals surface area contributed by atoms with Crippen LogP contribution in [0.3, 0.4) is 0 Å². The normalized spacial score (nSPS) is 19.6. The van der Waals surface area contributed by atoms with Gasteiger partial charge in [0.25, 0.3) is 0 Å². The number of nitrogens with one attached hydrogen (secondary N) is 1. The van der Waals surface area contributed by atoms with Gasteiger partial charge in [0.05, 0.1) is 18.8 Å². The number of rotatable bonds is 9. The molecule has 6 nitrogen and oxygen atoms in total. The molecule has 1 heterocycles. The molecule has 7 heteroatoms. The van der Waals surface area contributed by atoms with Crippen molar-refractivity contribution in [3.8, 4) is 5.75 Å². The topological polar surface area (TPSA) is 73.9 Å². The van der Waals surface area contributed by atoms with E-state index in [1.54, 1.807) is 0 Å². The Morgan fingerprint density at radius 2 is 1.67 bits per heavy atom. The van der Waals surface area contributed by atoms with Crippen LogP contribution in [-0.2, 0) is 19.1 Å². The lowest BCUT2D eigenvalue weighted by atomic mass is 9.72. The quantitative estimate of drug-likeness (QED) is 0.346. The summed E-state index contributed by atoms with van der Waals surface area (Å²) in [6, 6.07) is 15.2. The van der Waals surface area contributed by atoms with Gasteiger partial charge in [0, 0.05) is 40.9 Å². The van der Waals surface area contributed by atoms with Gasteiger partial charge >= 0.3 is 5.97 Å². The van der Waals surface area contributed by atoms with Gasteiger partial charge in [0.2, 0.25) is 0 Å². The number of Topliss-reactive ketones (excluding diaryl/α,β-unsaturated/α-hetero) is 1. The molecule has 1 N–H and O–H groups in total. The molecule has 0 unspecified atom stereocenters. The molecule has 0 fully saturated rings. The molecule has 0 saturated heterocycles. The van der Waals surface area contributed by atoms with E-state index in [0.717, 1.165) is 22.6 Å². The maximum atomic E-state index is 13.7. The maximum Gasteiger partial charge on any atom is 0.336 e. The van der Waals surface area contributed by atoms with Crippen molar-refractivity contribution in [2.45, 2.75) is 45.4 Å². The standard InChI is InChI=1S/C29H32ClNO5/c1-4-34-14-15-36-29(33)26-18(3)31-24-16-21(19-6-10-22(30)11-7-19)17-25(32)28(24)27(26)20-8-12-23(13-9-20)35-5-2/h6-13,21,27,31H,4-5,14-17H2,1-3H3/t21-,27-/m1/s1. The number of hydrogen-bond acceptors (Lipinski definition) is 6. The molecule has 2 atom stereocenters. The summed E-state index contributed by atoms with van der Waals surface area (Å²) < 4.78 is 16.5. The van der Waals surface area contributed by atoms with Crippen LogP contribution in [0.1, 0.15) is 56.6 Å². The van der Waals surface area contributed by atoms with Crippen molar-refractivity contribution in [2.75, 3.05) is 26.4 Å². The summed E-state index contributed by atoms with van der Waals surface area (Å²) in [5, 5.41) is 4.04. The Labute approximate surface area is 217 Å². The highest BCUT2D eigenvalue weighted by molar-refractivity contribution is 6.30. The van der Waals surface area contributed by atoms with E-state index in [1.165, 1.54) is 0 Å². The fraction of sp³-hybridized carbons (Fsp3) is 0.379. The van der Waals surface area contributed by atoms with Crippen molar-refractivity contribution < 1.29 is 23.8 Å². The summed E-state index contributed by atoms with van der Waals surface area (Å²) in [4.78, 5) is 26.9. The van der Waals surface area contributed by atoms with Crippen molar-refractivity contribution in [1.82, 2.24) is 5.32 Å². The van der Waals surface area contributed by atoms with Crippen molar-refractivity contribution in [2.24, 2.45) is 0 Å². The zero-order chi connectivity index (χ0) is 25.7. The van der Waals surface area contributed by atoms with Crippen LogP contribution in [0.4, 0.5) is 0 Å². The number of benzene rings is 2. The van der Waals surface area contributed by atoms with Crippen molar-refractivity contribution >= 4 is 23.4 Å². The zero-order valence-electron chi connectivity index (χ0n) is 20.9. The minimum absolute atomic E-state index is 0.0229. The molecule has 0 radical (unpaired) electrons. The summed E-state index contributed by atoms with van der Waals surface area (Å²) in [6.45, 7) is 7.27. The minimum atomic E-state index is -0.518. The predicted molar refractivity (Wildman–Crippen MR) is 139 cm³/mol. The molecule has 2 aromatic carbocycles. The second-order valence-electron chi connectivity index (χ2n) is 8.90. The zero-order valence-corrected chi connectivity index (χ0v) is 21.7. The molecule has 1 aliphatic heterocycles. The van der Waals surface area contributed by atoms with Crippen LogP contribution in [0.5, 0.6) is 5.75 Å². The van der Waals surface area contributed by atoms with Crippen molar-refractivity contribution in [3.63, 3.8) is 0 Å². The third-order valence-electron chi connectivity index (χ3n) is 6.58. The maximum absolute atomic E-state index is 13.7. The highest BCUT2D eigenvalue weighted by Gasteiger charge is 2.41. The van der Waals surface area contributed by atoms with E-state index in [1.807, 2.05) is 69.3 Å². The third-order valence-corrected chi connectivity index (χ3v) is 6.83. The van der Waals surface area contributed by atoms with Gasteiger partial charge in [-0.1, -0.05) is 35.9 Å². The number of ketones is 1. The average molecular weight is 510 g/mol. The van der Waals surface area contributed by atoms with Crippen LogP contribution < -0.4 is 10.1 Å². The third kappa shape index (κ3) is 5.66. The molecule has 4 rings (SSSR count). The molecule has 2 aromatic rings. The van der Waals surface area contributed by atoms with Crippen molar-refractivity contribution in [3.05, 3.63) is 87.2 Å². The van der Waals surface area contributed by atoms with Gasteiger partial charge in [0.1, 0.15) is 12.4 Å². The van der Waals surface area contributed by atoms with E-state index < -0.39 is 11.9 Å². The Balaban J connectivity index is 1.70. The molecule has 1 aliphatic carbocycles. The summed E-state index contributed by atoms with van der Waals surface area (Å²) in [7, 11) is 0. The van der Waals surface area contributed by atoms with Gasteiger partial charge in [-0.05, 0) is 68.5 Å². The molecule has 0 spiro atoms. The summed E-state index contributed by atoms with van der Waals surface area (Å²) in [5.74, 6) is -0.166. The number of allylic oxidation sites excluding steroid dienone is 3. The van der Waals surface area contributed by atoms with Crippen LogP contribution in [-0.4, -0.2) is 38.2 Å². The molecule has 36 heavy (non-hydrogen) atoms. The second kappa shape index (κ2) is 11.8. The lowest BCUT2D eigenvalue weighted by Crippen LogP contribution is -2.36. The lowest BCUT2D eigenvalue weighted by molar-refractivity contribution is -0.140. The Morgan fingerprint density at radius 1 is 0.972 bits per heavy atom. The van der Waals surface area contributed by atoms with Gasteiger partial charge in [-0.15, -0.1) is 0 Å². The Kier molecular flexibility index (Phi) is 8.49. The summed E-state index contributed by atoms with van der Waals surface area (Å²) in [5.41, 5.74) is 4.55. The number of ether oxygens (including phenoxy) is 3. The molecular weight excluding hydrogens is 478 g/mol. The molecule has 190 valence electrons. The van der Waals surface area contributed by atoms with Gasteiger partial charge in [-0.2, -0.15) is 0 Å². The van der Waals surface area contributed by atoms with Gasteiger partial charge < -0.3 is 19.5 Å². The SMILES string of the molecule is CCOCCOC(=O)C1=C(C)NC2=C(C(=O)C[C@H](c3ccc(Cl)cc3)C2)[C@@H]1c1ccc(OCC)cc1. The molecular formula is C29H32ClNO5.